The second-order valence-corrected chi connectivity index (χ2v) is 3.70. The van der Waals surface area contributed by atoms with Crippen molar-refractivity contribution in [2.75, 3.05) is 7.05 Å². The molecule has 1 aliphatic carbocycles. The van der Waals surface area contributed by atoms with E-state index in [9.17, 15) is 18.0 Å². The Bertz CT molecular complexity index is 207. The largest absolute Gasteiger partial charge is 0.391 e. The fourth-order valence-corrected chi connectivity index (χ4v) is 1.89. The van der Waals surface area contributed by atoms with Crippen LogP contribution in [0.2, 0.25) is 0 Å². The van der Waals surface area contributed by atoms with Gasteiger partial charge in [0, 0.05) is 13.0 Å². The van der Waals surface area contributed by atoms with Crippen molar-refractivity contribution >= 4 is 5.91 Å². The molecule has 0 saturated heterocycles. The van der Waals surface area contributed by atoms with Crippen molar-refractivity contribution in [3.05, 3.63) is 0 Å². The van der Waals surface area contributed by atoms with Gasteiger partial charge in [0.1, 0.15) is 0 Å². The van der Waals surface area contributed by atoms with E-state index in [-0.39, 0.29) is 24.7 Å². The third kappa shape index (κ3) is 2.62. The Morgan fingerprint density at radius 3 is 2.07 bits per heavy atom. The van der Waals surface area contributed by atoms with Crippen LogP contribution in [0.15, 0.2) is 0 Å². The number of hydrogen-bond acceptors (Lipinski definition) is 1. The fraction of sp³-hybridized carbons (Fsp3) is 0.889. The van der Waals surface area contributed by atoms with Crippen molar-refractivity contribution in [3.8, 4) is 0 Å². The molecule has 0 aromatic heterocycles. The molecule has 0 aromatic carbocycles. The molecule has 0 atom stereocenters. The van der Waals surface area contributed by atoms with E-state index in [1.807, 2.05) is 0 Å². The normalized spacial score (nSPS) is 28.6. The van der Waals surface area contributed by atoms with Gasteiger partial charge in [0.15, 0.2) is 0 Å². The fourth-order valence-electron chi connectivity index (χ4n) is 1.89. The van der Waals surface area contributed by atoms with Crippen LogP contribution in [0.25, 0.3) is 0 Å². The summed E-state index contributed by atoms with van der Waals surface area (Å²) >= 11 is 0. The zero-order valence-corrected chi connectivity index (χ0v) is 8.03. The van der Waals surface area contributed by atoms with Gasteiger partial charge >= 0.3 is 6.18 Å². The maximum Gasteiger partial charge on any atom is 0.391 e. The van der Waals surface area contributed by atoms with Crippen molar-refractivity contribution in [1.82, 2.24) is 5.32 Å². The smallest absolute Gasteiger partial charge is 0.359 e. The van der Waals surface area contributed by atoms with E-state index in [2.05, 4.69) is 5.32 Å². The maximum absolute atomic E-state index is 12.3. The van der Waals surface area contributed by atoms with Crippen molar-refractivity contribution in [1.29, 1.82) is 0 Å². The quantitative estimate of drug-likeness (QED) is 0.704. The van der Waals surface area contributed by atoms with Crippen molar-refractivity contribution < 1.29 is 18.0 Å². The standard InChI is InChI=1S/C9H14F3NO/c1-13-8(14)6-2-4-7(5-3-6)9(10,11)12/h6-7H,2-5H2,1H3,(H,13,14). The number of rotatable bonds is 1. The Hall–Kier alpha value is -0.740. The van der Waals surface area contributed by atoms with Crippen LogP contribution in [0, 0.1) is 11.8 Å². The van der Waals surface area contributed by atoms with Gasteiger partial charge < -0.3 is 5.32 Å². The van der Waals surface area contributed by atoms with Crippen LogP contribution in [0.3, 0.4) is 0 Å². The Balaban J connectivity index is 2.43. The van der Waals surface area contributed by atoms with Gasteiger partial charge in [0.05, 0.1) is 5.92 Å². The van der Waals surface area contributed by atoms with Gasteiger partial charge in [0.2, 0.25) is 5.91 Å². The average Bonchev–Trinajstić information content (AvgIpc) is 2.15. The Morgan fingerprint density at radius 1 is 1.21 bits per heavy atom. The summed E-state index contributed by atoms with van der Waals surface area (Å²) < 4.78 is 36.8. The zero-order chi connectivity index (χ0) is 10.8. The van der Waals surface area contributed by atoms with Gasteiger partial charge in [-0.2, -0.15) is 13.2 Å². The summed E-state index contributed by atoms with van der Waals surface area (Å²) in [6.07, 6.45) is -3.22. The predicted octanol–water partition coefficient (Wildman–Crippen LogP) is 2.10. The Morgan fingerprint density at radius 2 is 1.71 bits per heavy atom. The van der Waals surface area contributed by atoms with Gasteiger partial charge in [-0.15, -0.1) is 0 Å². The van der Waals surface area contributed by atoms with Crippen LogP contribution in [-0.2, 0) is 4.79 Å². The molecule has 1 N–H and O–H groups in total. The second kappa shape index (κ2) is 4.19. The SMILES string of the molecule is CNC(=O)C1CCC(C(F)(F)F)CC1. The molecule has 5 heteroatoms. The lowest BCUT2D eigenvalue weighted by molar-refractivity contribution is -0.184. The maximum atomic E-state index is 12.3. The minimum atomic E-state index is -4.09. The highest BCUT2D eigenvalue weighted by Crippen LogP contribution is 2.39. The molecular weight excluding hydrogens is 195 g/mol. The average molecular weight is 209 g/mol. The van der Waals surface area contributed by atoms with Gasteiger partial charge in [-0.1, -0.05) is 0 Å². The minimum Gasteiger partial charge on any atom is -0.359 e. The summed E-state index contributed by atoms with van der Waals surface area (Å²) in [5.74, 6) is -1.56. The summed E-state index contributed by atoms with van der Waals surface area (Å²) in [6.45, 7) is 0. The van der Waals surface area contributed by atoms with E-state index < -0.39 is 12.1 Å². The van der Waals surface area contributed by atoms with Crippen LogP contribution < -0.4 is 5.32 Å². The first-order valence-corrected chi connectivity index (χ1v) is 4.73. The van der Waals surface area contributed by atoms with Crippen LogP contribution in [0.1, 0.15) is 25.7 Å². The third-order valence-corrected chi connectivity index (χ3v) is 2.81. The molecule has 1 fully saturated rings. The molecule has 82 valence electrons. The van der Waals surface area contributed by atoms with Gasteiger partial charge in [-0.05, 0) is 25.7 Å². The molecule has 0 unspecified atom stereocenters. The molecule has 2 nitrogen and oxygen atoms in total. The molecule has 1 saturated carbocycles. The first kappa shape index (κ1) is 11.3. The summed E-state index contributed by atoms with van der Waals surface area (Å²) in [6, 6.07) is 0. The first-order valence-electron chi connectivity index (χ1n) is 4.73. The van der Waals surface area contributed by atoms with E-state index in [0.29, 0.717) is 12.8 Å². The topological polar surface area (TPSA) is 29.1 Å². The number of nitrogens with one attached hydrogen (secondary N) is 1. The summed E-state index contributed by atoms with van der Waals surface area (Å²) in [5, 5.41) is 2.47. The molecule has 1 aliphatic rings. The van der Waals surface area contributed by atoms with Crippen LogP contribution >= 0.6 is 0 Å². The number of carbonyl (C=O) groups excluding carboxylic acids is 1. The van der Waals surface area contributed by atoms with Crippen molar-refractivity contribution in [2.45, 2.75) is 31.9 Å². The summed E-state index contributed by atoms with van der Waals surface area (Å²) in [4.78, 5) is 11.1. The molecule has 1 amide bonds. The lowest BCUT2D eigenvalue weighted by Crippen LogP contribution is -2.34. The zero-order valence-electron chi connectivity index (χ0n) is 8.03. The molecule has 0 heterocycles. The van der Waals surface area contributed by atoms with Crippen LogP contribution in [0.4, 0.5) is 13.2 Å². The van der Waals surface area contributed by atoms with Gasteiger partial charge in [0.25, 0.3) is 0 Å². The highest BCUT2D eigenvalue weighted by atomic mass is 19.4. The predicted molar refractivity (Wildman–Crippen MR) is 45.6 cm³/mol. The summed E-state index contributed by atoms with van der Waals surface area (Å²) in [5.41, 5.74) is 0. The minimum absolute atomic E-state index is 0.0849. The Labute approximate surface area is 80.9 Å². The lowest BCUT2D eigenvalue weighted by atomic mass is 9.81. The Kier molecular flexibility index (Phi) is 3.39. The number of carbonyl (C=O) groups is 1. The highest BCUT2D eigenvalue weighted by Gasteiger charge is 2.42. The summed E-state index contributed by atoms with van der Waals surface area (Å²) in [7, 11) is 1.51. The van der Waals surface area contributed by atoms with Gasteiger partial charge in [-0.3, -0.25) is 4.79 Å². The molecule has 0 radical (unpaired) electrons. The van der Waals surface area contributed by atoms with E-state index in [0.717, 1.165) is 0 Å². The second-order valence-electron chi connectivity index (χ2n) is 3.70. The van der Waals surface area contributed by atoms with E-state index in [1.54, 1.807) is 0 Å². The molecule has 1 rings (SSSR count). The van der Waals surface area contributed by atoms with Crippen LogP contribution in [-0.4, -0.2) is 19.1 Å². The first-order chi connectivity index (χ1) is 6.45. The third-order valence-electron chi connectivity index (χ3n) is 2.81. The van der Waals surface area contributed by atoms with Crippen molar-refractivity contribution in [2.24, 2.45) is 11.8 Å². The molecule has 0 aromatic rings. The van der Waals surface area contributed by atoms with E-state index in [1.165, 1.54) is 7.05 Å². The molecule has 0 bridgehead atoms. The molecule has 0 spiro atoms. The van der Waals surface area contributed by atoms with Gasteiger partial charge in [-0.25, -0.2) is 0 Å². The van der Waals surface area contributed by atoms with E-state index >= 15 is 0 Å². The van der Waals surface area contributed by atoms with Crippen molar-refractivity contribution in [3.63, 3.8) is 0 Å². The number of hydrogen-bond donors (Lipinski definition) is 1. The highest BCUT2D eigenvalue weighted by molar-refractivity contribution is 5.78. The monoisotopic (exact) mass is 209 g/mol. The number of halogens is 3. The molecular formula is C9H14F3NO. The number of alkyl halides is 3. The lowest BCUT2D eigenvalue weighted by Gasteiger charge is -2.28. The molecule has 14 heavy (non-hydrogen) atoms. The molecule has 0 aliphatic heterocycles. The van der Waals surface area contributed by atoms with Crippen LogP contribution in [0.5, 0.6) is 0 Å². The van der Waals surface area contributed by atoms with E-state index in [4.69, 9.17) is 0 Å². The number of amides is 1.